The zero-order chi connectivity index (χ0) is 28.3. The van der Waals surface area contributed by atoms with Crippen LogP contribution in [0.1, 0.15) is 64.2 Å². The number of sulfonamides is 1. The highest BCUT2D eigenvalue weighted by atomic mass is 32.2. The number of hydrogen-bond donors (Lipinski definition) is 3. The van der Waals surface area contributed by atoms with Gasteiger partial charge in [0.25, 0.3) is 5.91 Å². The fraction of sp³-hybridized carbons (Fsp3) is 0.571. The van der Waals surface area contributed by atoms with Crippen LogP contribution in [0.25, 0.3) is 0 Å². The Morgan fingerprint density at radius 1 is 1.00 bits per heavy atom. The van der Waals surface area contributed by atoms with E-state index in [-0.39, 0.29) is 18.2 Å². The molecule has 4 atom stereocenters. The minimum absolute atomic E-state index is 0.289. The molecule has 2 aliphatic carbocycles. The Labute approximate surface area is 234 Å². The normalized spacial score (nSPS) is 30.0. The average Bonchev–Trinajstić information content (AvgIpc) is 3.84. The molecule has 2 aliphatic heterocycles. The van der Waals surface area contributed by atoms with Crippen LogP contribution in [0.2, 0.25) is 0 Å². The molecule has 5 rings (SSSR count). The molecule has 3 fully saturated rings. The van der Waals surface area contributed by atoms with Gasteiger partial charge in [-0.15, -0.1) is 0 Å². The lowest BCUT2D eigenvalue weighted by atomic mass is 10.1. The van der Waals surface area contributed by atoms with Crippen LogP contribution in [-0.2, 0) is 24.4 Å². The number of carbonyl (C=O) groups excluding carboxylic acids is 4. The predicted molar refractivity (Wildman–Crippen MR) is 145 cm³/mol. The first-order chi connectivity index (χ1) is 19.2. The summed E-state index contributed by atoms with van der Waals surface area (Å²) in [6.07, 6.45) is 8.87. The summed E-state index contributed by atoms with van der Waals surface area (Å²) in [5, 5.41) is 4.95. The highest BCUT2D eigenvalue weighted by Gasteiger charge is 2.61. The molecule has 1 aromatic carbocycles. The van der Waals surface area contributed by atoms with Gasteiger partial charge in [-0.2, -0.15) is 0 Å². The molecular weight excluding hydrogens is 536 g/mol. The van der Waals surface area contributed by atoms with Gasteiger partial charge in [0.1, 0.15) is 23.4 Å². The van der Waals surface area contributed by atoms with E-state index in [1.165, 1.54) is 4.90 Å². The number of para-hydroxylation sites is 1. The molecular formula is C28H36N4O7S. The van der Waals surface area contributed by atoms with Crippen LogP contribution in [0.5, 0.6) is 5.75 Å². The van der Waals surface area contributed by atoms with Crippen molar-refractivity contribution in [3.8, 4) is 5.75 Å². The first-order valence-electron chi connectivity index (χ1n) is 14.1. The van der Waals surface area contributed by atoms with Crippen LogP contribution in [0.15, 0.2) is 42.5 Å². The Balaban J connectivity index is 1.33. The largest absolute Gasteiger partial charge is 0.413 e. The van der Waals surface area contributed by atoms with Crippen molar-refractivity contribution < 1.29 is 32.3 Å². The average molecular weight is 573 g/mol. The number of carbonyl (C=O) groups is 4. The highest BCUT2D eigenvalue weighted by Crippen LogP contribution is 2.46. The number of amides is 4. The zero-order valence-electron chi connectivity index (χ0n) is 22.3. The summed E-state index contributed by atoms with van der Waals surface area (Å²) < 4.78 is 32.5. The van der Waals surface area contributed by atoms with Gasteiger partial charge in [-0.1, -0.05) is 43.2 Å². The third-order valence-electron chi connectivity index (χ3n) is 8.08. The van der Waals surface area contributed by atoms with Crippen molar-refractivity contribution >= 4 is 33.8 Å². The molecule has 4 aliphatic rings. The van der Waals surface area contributed by atoms with Gasteiger partial charge >= 0.3 is 6.09 Å². The SMILES string of the molecule is O=C(N[C@H]1CCCCC/C=C\[C@@H]2C[C@@]2(C(=O)NS(=O)(=O)C2CC2)NC(=O)[C@@H]2CCCN2C1=O)Oc1ccccc1. The first-order valence-corrected chi connectivity index (χ1v) is 15.6. The smallest absolute Gasteiger partial charge is 0.410 e. The molecule has 0 unspecified atom stereocenters. The number of ether oxygens (including phenoxy) is 1. The number of nitrogens with zero attached hydrogens (tertiary/aromatic N) is 1. The van der Waals surface area contributed by atoms with Gasteiger partial charge in [-0.05, 0) is 63.5 Å². The molecule has 2 heterocycles. The Bertz CT molecular complexity index is 1280. The van der Waals surface area contributed by atoms with Crippen LogP contribution in [0.3, 0.4) is 0 Å². The summed E-state index contributed by atoms with van der Waals surface area (Å²) in [5.41, 5.74) is -1.37. The number of benzene rings is 1. The maximum atomic E-state index is 13.7. The number of hydrogen-bond acceptors (Lipinski definition) is 7. The lowest BCUT2D eigenvalue weighted by molar-refractivity contribution is -0.141. The maximum absolute atomic E-state index is 13.7. The van der Waals surface area contributed by atoms with Gasteiger partial charge in [0.15, 0.2) is 0 Å². The molecule has 0 bridgehead atoms. The quantitative estimate of drug-likeness (QED) is 0.458. The van der Waals surface area contributed by atoms with E-state index in [0.717, 1.165) is 19.3 Å². The van der Waals surface area contributed by atoms with Gasteiger partial charge < -0.3 is 20.3 Å². The van der Waals surface area contributed by atoms with E-state index in [2.05, 4.69) is 15.4 Å². The molecule has 12 heteroatoms. The molecule has 11 nitrogen and oxygen atoms in total. The van der Waals surface area contributed by atoms with Crippen LogP contribution in [0, 0.1) is 5.92 Å². The van der Waals surface area contributed by atoms with E-state index >= 15 is 0 Å². The van der Waals surface area contributed by atoms with Crippen molar-refractivity contribution in [2.24, 2.45) is 5.92 Å². The van der Waals surface area contributed by atoms with E-state index < -0.39 is 50.8 Å². The van der Waals surface area contributed by atoms with Crippen molar-refractivity contribution in [3.05, 3.63) is 42.5 Å². The van der Waals surface area contributed by atoms with Gasteiger partial charge in [0.2, 0.25) is 21.8 Å². The van der Waals surface area contributed by atoms with E-state index in [4.69, 9.17) is 4.74 Å². The minimum Gasteiger partial charge on any atom is -0.410 e. The van der Waals surface area contributed by atoms with Crippen LogP contribution < -0.4 is 20.1 Å². The fourth-order valence-corrected chi connectivity index (χ4v) is 6.91. The molecule has 216 valence electrons. The molecule has 0 radical (unpaired) electrons. The second-order valence-electron chi connectivity index (χ2n) is 11.1. The summed E-state index contributed by atoms with van der Waals surface area (Å²) in [7, 11) is -3.79. The van der Waals surface area contributed by atoms with Crippen molar-refractivity contribution in [2.45, 2.75) is 87.1 Å². The Morgan fingerprint density at radius 3 is 2.52 bits per heavy atom. The van der Waals surface area contributed by atoms with Crippen molar-refractivity contribution in [1.82, 2.24) is 20.3 Å². The zero-order valence-corrected chi connectivity index (χ0v) is 23.2. The molecule has 1 saturated heterocycles. The van der Waals surface area contributed by atoms with Crippen molar-refractivity contribution in [2.75, 3.05) is 6.54 Å². The Hall–Kier alpha value is -3.41. The number of allylic oxidation sites excluding steroid dienone is 1. The van der Waals surface area contributed by atoms with Crippen molar-refractivity contribution in [3.63, 3.8) is 0 Å². The minimum atomic E-state index is -3.79. The monoisotopic (exact) mass is 572 g/mol. The van der Waals surface area contributed by atoms with E-state index in [0.29, 0.717) is 50.8 Å². The third-order valence-corrected chi connectivity index (χ3v) is 9.90. The van der Waals surface area contributed by atoms with Crippen LogP contribution in [-0.4, -0.2) is 66.5 Å². The molecule has 3 N–H and O–H groups in total. The summed E-state index contributed by atoms with van der Waals surface area (Å²) in [6, 6.07) is 6.84. The van der Waals surface area contributed by atoms with Gasteiger partial charge in [-0.25, -0.2) is 13.2 Å². The van der Waals surface area contributed by atoms with Crippen LogP contribution in [0.4, 0.5) is 4.79 Å². The van der Waals surface area contributed by atoms with Gasteiger partial charge in [0.05, 0.1) is 5.25 Å². The summed E-state index contributed by atoms with van der Waals surface area (Å²) in [6.45, 7) is 0.335. The predicted octanol–water partition coefficient (Wildman–Crippen LogP) is 2.14. The number of nitrogens with one attached hydrogen (secondary N) is 3. The molecule has 0 spiro atoms. The third kappa shape index (κ3) is 6.32. The Kier molecular flexibility index (Phi) is 8.16. The standard InChI is InChI=1S/C28H36N4O7S/c33-24-23-14-9-17-32(23)25(34)22(29-27(36)39-20-11-6-4-7-12-20)13-8-3-1-2-5-10-19-18-28(19,30-24)26(35)31-40(37,38)21-15-16-21/h4-7,10-12,19,21-23H,1-3,8-9,13-18H2,(H,29,36)(H,30,33)(H,31,35)/b10-5-/t19-,22+,23+,28-/m1/s1. The maximum Gasteiger partial charge on any atom is 0.413 e. The summed E-state index contributed by atoms with van der Waals surface area (Å²) >= 11 is 0. The summed E-state index contributed by atoms with van der Waals surface area (Å²) in [5.74, 6) is -1.59. The number of fused-ring (bicyclic) bond motifs is 2. The highest BCUT2D eigenvalue weighted by molar-refractivity contribution is 7.91. The topological polar surface area (TPSA) is 151 Å². The first kappa shape index (κ1) is 28.1. The molecule has 0 aromatic heterocycles. The fourth-order valence-electron chi connectivity index (χ4n) is 5.54. The molecule has 2 saturated carbocycles. The Morgan fingerprint density at radius 2 is 1.77 bits per heavy atom. The molecule has 40 heavy (non-hydrogen) atoms. The lowest BCUT2D eigenvalue weighted by Gasteiger charge is -2.30. The second kappa shape index (κ2) is 11.6. The lowest BCUT2D eigenvalue weighted by Crippen LogP contribution is -2.58. The van der Waals surface area contributed by atoms with Crippen molar-refractivity contribution in [1.29, 1.82) is 0 Å². The van der Waals surface area contributed by atoms with Gasteiger partial charge in [-0.3, -0.25) is 19.1 Å². The van der Waals surface area contributed by atoms with Crippen LogP contribution >= 0.6 is 0 Å². The molecule has 1 aromatic rings. The molecule has 4 amide bonds. The summed E-state index contributed by atoms with van der Waals surface area (Å²) in [4.78, 5) is 54.6. The second-order valence-corrected chi connectivity index (χ2v) is 13.1. The van der Waals surface area contributed by atoms with E-state index in [1.54, 1.807) is 30.3 Å². The number of rotatable bonds is 5. The van der Waals surface area contributed by atoms with Gasteiger partial charge in [0, 0.05) is 12.5 Å². The van der Waals surface area contributed by atoms with E-state index in [1.807, 2.05) is 12.2 Å². The van der Waals surface area contributed by atoms with E-state index in [9.17, 15) is 27.6 Å².